The van der Waals surface area contributed by atoms with Crippen LogP contribution in [-0.4, -0.2) is 41.2 Å². The normalized spacial score (nSPS) is 19.8. The van der Waals surface area contributed by atoms with Crippen LogP contribution in [0.3, 0.4) is 0 Å². The van der Waals surface area contributed by atoms with E-state index in [0.717, 1.165) is 31.1 Å². The molecule has 4 nitrogen and oxygen atoms in total. The van der Waals surface area contributed by atoms with Crippen LogP contribution in [0.2, 0.25) is 0 Å². The molecule has 1 N–H and O–H groups in total. The molecule has 0 radical (unpaired) electrons. The lowest BCUT2D eigenvalue weighted by molar-refractivity contribution is 0.0690. The maximum absolute atomic E-state index is 10.9. The predicted molar refractivity (Wildman–Crippen MR) is 74.5 cm³/mol. The minimum Gasteiger partial charge on any atom is -0.477 e. The third-order valence-electron chi connectivity index (χ3n) is 3.20. The Morgan fingerprint density at radius 2 is 2.44 bits per heavy atom. The Labute approximate surface area is 111 Å². The van der Waals surface area contributed by atoms with Crippen molar-refractivity contribution in [3.05, 3.63) is 23.9 Å². The fourth-order valence-corrected chi connectivity index (χ4v) is 3.11. The molecule has 2 heterocycles. The summed E-state index contributed by atoms with van der Waals surface area (Å²) in [4.78, 5) is 17.3. The van der Waals surface area contributed by atoms with Crippen molar-refractivity contribution in [2.24, 2.45) is 5.92 Å². The number of anilines is 1. The van der Waals surface area contributed by atoms with Crippen molar-refractivity contribution in [2.45, 2.75) is 12.8 Å². The molecule has 0 amide bonds. The van der Waals surface area contributed by atoms with Crippen LogP contribution in [0.15, 0.2) is 18.2 Å². The molecular formula is C13H18N2O2S. The summed E-state index contributed by atoms with van der Waals surface area (Å²) in [5, 5.41) is 8.96. The molecule has 0 aliphatic carbocycles. The average molecular weight is 266 g/mol. The van der Waals surface area contributed by atoms with Gasteiger partial charge in [-0.25, -0.2) is 9.78 Å². The maximum Gasteiger partial charge on any atom is 0.354 e. The van der Waals surface area contributed by atoms with E-state index in [0.29, 0.717) is 5.92 Å². The van der Waals surface area contributed by atoms with E-state index >= 15 is 0 Å². The van der Waals surface area contributed by atoms with Crippen LogP contribution in [0.5, 0.6) is 0 Å². The highest BCUT2D eigenvalue weighted by atomic mass is 32.2. The van der Waals surface area contributed by atoms with Gasteiger partial charge in [0.2, 0.25) is 0 Å². The van der Waals surface area contributed by atoms with E-state index < -0.39 is 5.97 Å². The Bertz CT molecular complexity index is 423. The van der Waals surface area contributed by atoms with Gasteiger partial charge < -0.3 is 10.0 Å². The summed E-state index contributed by atoms with van der Waals surface area (Å²) in [6, 6.07) is 5.20. The summed E-state index contributed by atoms with van der Waals surface area (Å²) in [6.07, 6.45) is 4.54. The highest BCUT2D eigenvalue weighted by Gasteiger charge is 2.21. The van der Waals surface area contributed by atoms with Gasteiger partial charge in [-0.2, -0.15) is 11.8 Å². The quantitative estimate of drug-likeness (QED) is 0.906. The highest BCUT2D eigenvalue weighted by molar-refractivity contribution is 7.98. The first-order chi connectivity index (χ1) is 8.70. The number of carboxylic acid groups (broad SMARTS) is 1. The molecule has 0 aromatic carbocycles. The molecular weight excluding hydrogens is 248 g/mol. The van der Waals surface area contributed by atoms with Gasteiger partial charge in [-0.15, -0.1) is 0 Å². The summed E-state index contributed by atoms with van der Waals surface area (Å²) < 4.78 is 0. The van der Waals surface area contributed by atoms with E-state index in [1.165, 1.54) is 12.5 Å². The molecule has 1 fully saturated rings. The number of piperidine rings is 1. The number of carbonyl (C=O) groups is 1. The second kappa shape index (κ2) is 6.09. The fourth-order valence-electron chi connectivity index (χ4n) is 2.36. The summed E-state index contributed by atoms with van der Waals surface area (Å²) >= 11 is 1.87. The van der Waals surface area contributed by atoms with Gasteiger partial charge in [0.15, 0.2) is 5.69 Å². The van der Waals surface area contributed by atoms with Crippen molar-refractivity contribution in [2.75, 3.05) is 30.0 Å². The van der Waals surface area contributed by atoms with E-state index in [9.17, 15) is 4.79 Å². The van der Waals surface area contributed by atoms with Gasteiger partial charge in [0.25, 0.3) is 0 Å². The smallest absolute Gasteiger partial charge is 0.354 e. The van der Waals surface area contributed by atoms with Crippen LogP contribution in [-0.2, 0) is 0 Å². The van der Waals surface area contributed by atoms with E-state index in [1.807, 2.05) is 17.8 Å². The van der Waals surface area contributed by atoms with Crippen LogP contribution < -0.4 is 4.90 Å². The van der Waals surface area contributed by atoms with E-state index in [4.69, 9.17) is 5.11 Å². The standard InChI is InChI=1S/C13H18N2O2S/c1-18-9-10-4-3-7-15(8-10)12-6-2-5-11(14-12)13(16)17/h2,5-6,10H,3-4,7-9H2,1H3,(H,16,17). The van der Waals surface area contributed by atoms with Gasteiger partial charge in [-0.05, 0) is 42.9 Å². The van der Waals surface area contributed by atoms with E-state index in [2.05, 4.69) is 16.1 Å². The SMILES string of the molecule is CSCC1CCCN(c2cccc(C(=O)O)n2)C1. The van der Waals surface area contributed by atoms with Crippen molar-refractivity contribution in [1.29, 1.82) is 0 Å². The van der Waals surface area contributed by atoms with Gasteiger partial charge >= 0.3 is 5.97 Å². The van der Waals surface area contributed by atoms with Crippen molar-refractivity contribution in [3.63, 3.8) is 0 Å². The lowest BCUT2D eigenvalue weighted by Crippen LogP contribution is -2.37. The number of nitrogens with zero attached hydrogens (tertiary/aromatic N) is 2. The lowest BCUT2D eigenvalue weighted by Gasteiger charge is -2.33. The van der Waals surface area contributed by atoms with E-state index in [-0.39, 0.29) is 5.69 Å². The number of thioether (sulfide) groups is 1. The van der Waals surface area contributed by atoms with Crippen molar-refractivity contribution in [1.82, 2.24) is 4.98 Å². The molecule has 18 heavy (non-hydrogen) atoms. The molecule has 1 atom stereocenters. The van der Waals surface area contributed by atoms with Gasteiger partial charge in [0, 0.05) is 13.1 Å². The first-order valence-corrected chi connectivity index (χ1v) is 7.54. The summed E-state index contributed by atoms with van der Waals surface area (Å²) in [5.74, 6) is 1.68. The maximum atomic E-state index is 10.9. The van der Waals surface area contributed by atoms with Gasteiger partial charge in [-0.3, -0.25) is 0 Å². The monoisotopic (exact) mass is 266 g/mol. The Balaban J connectivity index is 2.10. The molecule has 1 unspecified atom stereocenters. The minimum atomic E-state index is -0.963. The topological polar surface area (TPSA) is 53.4 Å². The Hall–Kier alpha value is -1.23. The minimum absolute atomic E-state index is 0.125. The number of aromatic nitrogens is 1. The largest absolute Gasteiger partial charge is 0.477 e. The van der Waals surface area contributed by atoms with Gasteiger partial charge in [0.05, 0.1) is 0 Å². The second-order valence-corrected chi connectivity index (χ2v) is 5.51. The molecule has 1 aromatic heterocycles. The van der Waals surface area contributed by atoms with Crippen LogP contribution in [0.4, 0.5) is 5.82 Å². The van der Waals surface area contributed by atoms with E-state index in [1.54, 1.807) is 6.07 Å². The third-order valence-corrected chi connectivity index (χ3v) is 4.00. The van der Waals surface area contributed by atoms with Crippen LogP contribution in [0.25, 0.3) is 0 Å². The predicted octanol–water partition coefficient (Wildman–Crippen LogP) is 2.36. The van der Waals surface area contributed by atoms with Crippen molar-refractivity contribution >= 4 is 23.5 Å². The Morgan fingerprint density at radius 3 is 3.17 bits per heavy atom. The number of aromatic carboxylic acids is 1. The van der Waals surface area contributed by atoms with Gasteiger partial charge in [0.1, 0.15) is 5.82 Å². The van der Waals surface area contributed by atoms with Crippen molar-refractivity contribution in [3.8, 4) is 0 Å². The number of carboxylic acids is 1. The zero-order chi connectivity index (χ0) is 13.0. The fraction of sp³-hybridized carbons (Fsp3) is 0.538. The first-order valence-electron chi connectivity index (χ1n) is 6.15. The van der Waals surface area contributed by atoms with Crippen LogP contribution in [0, 0.1) is 5.92 Å². The first kappa shape index (κ1) is 13.2. The van der Waals surface area contributed by atoms with Crippen LogP contribution in [0.1, 0.15) is 23.3 Å². The van der Waals surface area contributed by atoms with Crippen molar-refractivity contribution < 1.29 is 9.90 Å². The Kier molecular flexibility index (Phi) is 4.47. The molecule has 0 spiro atoms. The number of pyridine rings is 1. The Morgan fingerprint density at radius 1 is 1.61 bits per heavy atom. The summed E-state index contributed by atoms with van der Waals surface area (Å²) in [5.41, 5.74) is 0.125. The van der Waals surface area contributed by atoms with Crippen LogP contribution >= 0.6 is 11.8 Å². The molecule has 2 rings (SSSR count). The molecule has 0 saturated carbocycles. The molecule has 1 aromatic rings. The molecule has 0 bridgehead atoms. The number of hydrogen-bond donors (Lipinski definition) is 1. The molecule has 5 heteroatoms. The zero-order valence-electron chi connectivity index (χ0n) is 10.5. The summed E-state index contributed by atoms with van der Waals surface area (Å²) in [7, 11) is 0. The number of rotatable bonds is 4. The summed E-state index contributed by atoms with van der Waals surface area (Å²) in [6.45, 7) is 1.96. The molecule has 1 aliphatic rings. The van der Waals surface area contributed by atoms with Gasteiger partial charge in [-0.1, -0.05) is 6.07 Å². The molecule has 1 aliphatic heterocycles. The highest BCUT2D eigenvalue weighted by Crippen LogP contribution is 2.23. The molecule has 98 valence electrons. The zero-order valence-corrected chi connectivity index (χ0v) is 11.3. The second-order valence-electron chi connectivity index (χ2n) is 4.60. The average Bonchev–Trinajstić information content (AvgIpc) is 2.39. The molecule has 1 saturated heterocycles. The third kappa shape index (κ3) is 3.16. The lowest BCUT2D eigenvalue weighted by atomic mass is 10.00. The number of hydrogen-bond acceptors (Lipinski definition) is 4.